The van der Waals surface area contributed by atoms with E-state index in [2.05, 4.69) is 27.0 Å². The molecule has 1 heterocycles. The van der Waals surface area contributed by atoms with Gasteiger partial charge >= 0.3 is 0 Å². The van der Waals surface area contributed by atoms with Gasteiger partial charge in [0.2, 0.25) is 0 Å². The third-order valence-electron chi connectivity index (χ3n) is 5.40. The van der Waals surface area contributed by atoms with Crippen LogP contribution in [0.4, 0.5) is 0 Å². The van der Waals surface area contributed by atoms with E-state index < -0.39 is 0 Å². The molecule has 0 unspecified atom stereocenters. The number of hydrogen-bond acceptors (Lipinski definition) is 4. The summed E-state index contributed by atoms with van der Waals surface area (Å²) in [5, 5.41) is 5.61. The van der Waals surface area contributed by atoms with E-state index in [1.54, 1.807) is 24.4 Å². The molecular weight excluding hydrogens is 478 g/mol. The van der Waals surface area contributed by atoms with Gasteiger partial charge in [0.25, 0.3) is 5.56 Å². The van der Waals surface area contributed by atoms with Gasteiger partial charge in [0.1, 0.15) is 18.2 Å². The largest absolute Gasteiger partial charge is 0.479 e. The Morgan fingerprint density at radius 2 is 2.06 bits per heavy atom. The van der Waals surface area contributed by atoms with Crippen molar-refractivity contribution in [2.45, 2.75) is 38.0 Å². The molecule has 0 amide bonds. The summed E-state index contributed by atoms with van der Waals surface area (Å²) in [6.45, 7) is 0.103. The molecule has 1 saturated carbocycles. The zero-order chi connectivity index (χ0) is 21.8. The molecule has 2 aromatic carbocycles. The Morgan fingerprint density at radius 3 is 2.84 bits per heavy atom. The lowest BCUT2D eigenvalue weighted by molar-refractivity contribution is 0.367. The number of benzene rings is 2. The standard InChI is InChI=1S/C24H21BrClN3O2/c1-2-12-31-22-17(13-18(26)14-20(22)25)15-27-29-23(16-8-4-3-5-9-16)28-21-11-7-6-10-19(21)24(29)30/h1,6-7,10-11,13-16H,3-5,8-9,12H2. The second-order valence-corrected chi connectivity index (χ2v) is 8.77. The number of rotatable bonds is 5. The van der Waals surface area contributed by atoms with Crippen LogP contribution in [0.15, 0.2) is 50.8 Å². The minimum atomic E-state index is -0.186. The Hall–Kier alpha value is -2.62. The molecule has 5 nitrogen and oxygen atoms in total. The van der Waals surface area contributed by atoms with Crippen molar-refractivity contribution in [3.05, 3.63) is 67.6 Å². The van der Waals surface area contributed by atoms with Crippen LogP contribution < -0.4 is 10.3 Å². The van der Waals surface area contributed by atoms with Gasteiger partial charge in [-0.05, 0) is 53.0 Å². The fourth-order valence-corrected chi connectivity index (χ4v) is 4.89. The van der Waals surface area contributed by atoms with E-state index in [-0.39, 0.29) is 18.1 Å². The molecule has 0 aliphatic heterocycles. The van der Waals surface area contributed by atoms with Crippen molar-refractivity contribution in [2.24, 2.45) is 5.10 Å². The summed E-state index contributed by atoms with van der Waals surface area (Å²) in [6, 6.07) is 10.8. The van der Waals surface area contributed by atoms with E-state index >= 15 is 0 Å². The number of ether oxygens (including phenoxy) is 1. The molecule has 1 aliphatic carbocycles. The number of hydrogen-bond donors (Lipinski definition) is 0. The second-order valence-electron chi connectivity index (χ2n) is 7.48. The van der Waals surface area contributed by atoms with Crippen molar-refractivity contribution in [3.8, 4) is 18.1 Å². The van der Waals surface area contributed by atoms with Crippen LogP contribution in [0.3, 0.4) is 0 Å². The predicted octanol–water partition coefficient (Wildman–Crippen LogP) is 5.75. The molecule has 0 atom stereocenters. The van der Waals surface area contributed by atoms with Gasteiger partial charge in [-0.3, -0.25) is 4.79 Å². The van der Waals surface area contributed by atoms with Gasteiger partial charge < -0.3 is 4.74 Å². The summed E-state index contributed by atoms with van der Waals surface area (Å²) in [4.78, 5) is 18.2. The van der Waals surface area contributed by atoms with E-state index in [1.807, 2.05) is 18.2 Å². The molecule has 0 bridgehead atoms. The van der Waals surface area contributed by atoms with Gasteiger partial charge in [-0.15, -0.1) is 6.42 Å². The molecule has 3 aromatic rings. The summed E-state index contributed by atoms with van der Waals surface area (Å²) in [6.07, 6.45) is 12.4. The van der Waals surface area contributed by atoms with Gasteiger partial charge in [-0.1, -0.05) is 48.9 Å². The third kappa shape index (κ3) is 4.68. The van der Waals surface area contributed by atoms with Gasteiger partial charge in [0.15, 0.2) is 0 Å². The maximum absolute atomic E-state index is 13.3. The van der Waals surface area contributed by atoms with Gasteiger partial charge in [-0.25, -0.2) is 4.98 Å². The van der Waals surface area contributed by atoms with Crippen molar-refractivity contribution in [1.82, 2.24) is 9.66 Å². The van der Waals surface area contributed by atoms with E-state index in [4.69, 9.17) is 27.7 Å². The number of terminal acetylenes is 1. The summed E-state index contributed by atoms with van der Waals surface area (Å²) in [5.41, 5.74) is 1.13. The van der Waals surface area contributed by atoms with Crippen LogP contribution in [0.25, 0.3) is 10.9 Å². The summed E-state index contributed by atoms with van der Waals surface area (Å²) < 4.78 is 7.76. The molecule has 158 valence electrons. The molecule has 1 fully saturated rings. The molecule has 7 heteroatoms. The first-order valence-electron chi connectivity index (χ1n) is 10.2. The minimum absolute atomic E-state index is 0.103. The van der Waals surface area contributed by atoms with Crippen LogP contribution in [0.2, 0.25) is 5.02 Å². The van der Waals surface area contributed by atoms with Crippen LogP contribution >= 0.6 is 27.5 Å². The SMILES string of the molecule is C#CCOc1c(Br)cc(Cl)cc1C=Nn1c(C2CCCCC2)nc2ccccc2c1=O. The van der Waals surface area contributed by atoms with Gasteiger partial charge in [-0.2, -0.15) is 9.78 Å². The van der Waals surface area contributed by atoms with Crippen molar-refractivity contribution in [1.29, 1.82) is 0 Å². The second kappa shape index (κ2) is 9.67. The zero-order valence-corrected chi connectivity index (χ0v) is 19.2. The van der Waals surface area contributed by atoms with Crippen molar-refractivity contribution >= 4 is 44.6 Å². The van der Waals surface area contributed by atoms with Crippen LogP contribution in [-0.2, 0) is 0 Å². The van der Waals surface area contributed by atoms with E-state index in [1.165, 1.54) is 11.1 Å². The lowest BCUT2D eigenvalue weighted by Gasteiger charge is -2.22. The molecule has 0 N–H and O–H groups in total. The normalized spacial score (nSPS) is 14.7. The van der Waals surface area contributed by atoms with Crippen LogP contribution in [0.1, 0.15) is 49.4 Å². The molecule has 1 aliphatic rings. The monoisotopic (exact) mass is 497 g/mol. The smallest absolute Gasteiger partial charge is 0.282 e. The Balaban J connectivity index is 1.85. The lowest BCUT2D eigenvalue weighted by atomic mass is 9.88. The summed E-state index contributed by atoms with van der Waals surface area (Å²) in [7, 11) is 0. The highest BCUT2D eigenvalue weighted by Gasteiger charge is 2.22. The Morgan fingerprint density at radius 1 is 1.29 bits per heavy atom. The minimum Gasteiger partial charge on any atom is -0.479 e. The lowest BCUT2D eigenvalue weighted by Crippen LogP contribution is -2.25. The fraction of sp³-hybridized carbons (Fsp3) is 0.292. The average Bonchev–Trinajstić information content (AvgIpc) is 2.78. The Labute approximate surface area is 194 Å². The molecular formula is C24H21BrClN3O2. The Bertz CT molecular complexity index is 1240. The topological polar surface area (TPSA) is 56.5 Å². The molecule has 0 spiro atoms. The highest BCUT2D eigenvalue weighted by molar-refractivity contribution is 9.10. The zero-order valence-electron chi connectivity index (χ0n) is 16.9. The summed E-state index contributed by atoms with van der Waals surface area (Å²) in [5.74, 6) is 3.88. The molecule has 31 heavy (non-hydrogen) atoms. The van der Waals surface area contributed by atoms with E-state index in [0.29, 0.717) is 37.5 Å². The van der Waals surface area contributed by atoms with Crippen LogP contribution in [0.5, 0.6) is 5.75 Å². The number of halogens is 2. The number of para-hydroxylation sites is 1. The number of nitrogens with zero attached hydrogens (tertiary/aromatic N) is 3. The highest BCUT2D eigenvalue weighted by atomic mass is 79.9. The van der Waals surface area contributed by atoms with E-state index in [0.717, 1.165) is 25.7 Å². The maximum atomic E-state index is 13.3. The average molecular weight is 499 g/mol. The van der Waals surface area contributed by atoms with Crippen LogP contribution in [0, 0.1) is 12.3 Å². The fourth-order valence-electron chi connectivity index (χ4n) is 3.94. The third-order valence-corrected chi connectivity index (χ3v) is 6.21. The maximum Gasteiger partial charge on any atom is 0.282 e. The highest BCUT2D eigenvalue weighted by Crippen LogP contribution is 2.33. The van der Waals surface area contributed by atoms with Crippen molar-refractivity contribution in [3.63, 3.8) is 0 Å². The number of aromatic nitrogens is 2. The first kappa shape index (κ1) is 21.6. The van der Waals surface area contributed by atoms with Crippen molar-refractivity contribution in [2.75, 3.05) is 6.61 Å². The Kier molecular flexibility index (Phi) is 6.74. The molecule has 1 aromatic heterocycles. The summed E-state index contributed by atoms with van der Waals surface area (Å²) >= 11 is 9.69. The van der Waals surface area contributed by atoms with Crippen LogP contribution in [-0.4, -0.2) is 22.5 Å². The predicted molar refractivity (Wildman–Crippen MR) is 128 cm³/mol. The van der Waals surface area contributed by atoms with Gasteiger partial charge in [0, 0.05) is 16.5 Å². The van der Waals surface area contributed by atoms with Gasteiger partial charge in [0.05, 0.1) is 21.6 Å². The van der Waals surface area contributed by atoms with Crippen molar-refractivity contribution < 1.29 is 4.74 Å². The molecule has 0 saturated heterocycles. The number of fused-ring (bicyclic) bond motifs is 1. The first-order valence-corrected chi connectivity index (χ1v) is 11.4. The molecule has 4 rings (SSSR count). The molecule has 0 radical (unpaired) electrons. The quantitative estimate of drug-likeness (QED) is 0.332. The van der Waals surface area contributed by atoms with E-state index in [9.17, 15) is 4.79 Å². The first-order chi connectivity index (χ1) is 15.1.